The average Bonchev–Trinajstić information content (AvgIpc) is 3.27. The number of hydrogen-bond acceptors (Lipinski definition) is 5. The van der Waals surface area contributed by atoms with Crippen LogP contribution in [0.1, 0.15) is 34.8 Å². The molecule has 0 bridgehead atoms. The number of rotatable bonds is 6. The zero-order valence-electron chi connectivity index (χ0n) is 15.6. The van der Waals surface area contributed by atoms with E-state index in [1.165, 1.54) is 16.7 Å². The summed E-state index contributed by atoms with van der Waals surface area (Å²) in [6.07, 6.45) is 6.51. The SMILES string of the molecule is Cc1ccc(CCC(=O)N2CC(n3cc(Cn4nccn4)nn3)C2)cc1C. The number of likely N-dealkylation sites (tertiary alicyclic amines) is 1. The molecule has 27 heavy (non-hydrogen) atoms. The second-order valence-corrected chi connectivity index (χ2v) is 7.12. The summed E-state index contributed by atoms with van der Waals surface area (Å²) in [5, 5.41) is 16.5. The van der Waals surface area contributed by atoms with Gasteiger partial charge in [-0.15, -0.1) is 5.10 Å². The fourth-order valence-corrected chi connectivity index (χ4v) is 3.23. The van der Waals surface area contributed by atoms with Crippen LogP contribution in [0.2, 0.25) is 0 Å². The maximum atomic E-state index is 12.4. The van der Waals surface area contributed by atoms with Crippen LogP contribution >= 0.6 is 0 Å². The maximum absolute atomic E-state index is 12.4. The van der Waals surface area contributed by atoms with Crippen LogP contribution in [-0.2, 0) is 17.8 Å². The highest BCUT2D eigenvalue weighted by Crippen LogP contribution is 2.22. The Morgan fingerprint density at radius 1 is 1.15 bits per heavy atom. The monoisotopic (exact) mass is 365 g/mol. The quantitative estimate of drug-likeness (QED) is 0.662. The molecule has 1 fully saturated rings. The van der Waals surface area contributed by atoms with Crippen LogP contribution in [0.3, 0.4) is 0 Å². The predicted molar refractivity (Wildman–Crippen MR) is 99.0 cm³/mol. The van der Waals surface area contributed by atoms with Gasteiger partial charge in [0.05, 0.1) is 24.6 Å². The topological polar surface area (TPSA) is 81.7 Å². The normalized spacial score (nSPS) is 14.4. The van der Waals surface area contributed by atoms with Crippen molar-refractivity contribution < 1.29 is 4.79 Å². The highest BCUT2D eigenvalue weighted by molar-refractivity contribution is 5.77. The van der Waals surface area contributed by atoms with Gasteiger partial charge in [-0.3, -0.25) is 4.79 Å². The minimum Gasteiger partial charge on any atom is -0.338 e. The number of aromatic nitrogens is 6. The van der Waals surface area contributed by atoms with Crippen LogP contribution in [0.15, 0.2) is 36.8 Å². The molecule has 2 aromatic heterocycles. The first-order valence-corrected chi connectivity index (χ1v) is 9.17. The molecule has 0 unspecified atom stereocenters. The number of hydrogen-bond donors (Lipinski definition) is 0. The number of aryl methyl sites for hydroxylation is 3. The summed E-state index contributed by atoms with van der Waals surface area (Å²) in [5.74, 6) is 0.200. The third kappa shape index (κ3) is 3.89. The molecule has 1 amide bonds. The van der Waals surface area contributed by atoms with Gasteiger partial charge in [0.1, 0.15) is 12.2 Å². The van der Waals surface area contributed by atoms with Gasteiger partial charge in [0, 0.05) is 19.5 Å². The van der Waals surface area contributed by atoms with E-state index in [9.17, 15) is 4.79 Å². The Balaban J connectivity index is 1.26. The van der Waals surface area contributed by atoms with E-state index in [2.05, 4.69) is 52.6 Å². The highest BCUT2D eigenvalue weighted by atomic mass is 16.2. The van der Waals surface area contributed by atoms with Gasteiger partial charge in [0.25, 0.3) is 0 Å². The molecule has 1 aliphatic heterocycles. The van der Waals surface area contributed by atoms with Crippen LogP contribution in [0.4, 0.5) is 0 Å². The number of carbonyl (C=O) groups is 1. The molecule has 0 N–H and O–H groups in total. The minimum absolute atomic E-state index is 0.197. The van der Waals surface area contributed by atoms with Gasteiger partial charge in [-0.1, -0.05) is 23.4 Å². The summed E-state index contributed by atoms with van der Waals surface area (Å²) >= 11 is 0. The van der Waals surface area contributed by atoms with Gasteiger partial charge in [-0.2, -0.15) is 15.0 Å². The van der Waals surface area contributed by atoms with Gasteiger partial charge in [-0.25, -0.2) is 4.68 Å². The van der Waals surface area contributed by atoms with Crippen molar-refractivity contribution in [1.82, 2.24) is 34.9 Å². The molecule has 8 nitrogen and oxygen atoms in total. The molecule has 140 valence electrons. The average molecular weight is 365 g/mol. The smallest absolute Gasteiger partial charge is 0.223 e. The van der Waals surface area contributed by atoms with Crippen molar-refractivity contribution in [2.75, 3.05) is 13.1 Å². The second kappa shape index (κ2) is 7.30. The molecule has 0 aliphatic carbocycles. The lowest BCUT2D eigenvalue weighted by Gasteiger charge is -2.39. The predicted octanol–water partition coefficient (Wildman–Crippen LogP) is 1.55. The van der Waals surface area contributed by atoms with Crippen molar-refractivity contribution in [3.8, 4) is 0 Å². The molecule has 1 saturated heterocycles. The van der Waals surface area contributed by atoms with Crippen molar-refractivity contribution in [2.45, 2.75) is 39.3 Å². The molecule has 0 saturated carbocycles. The van der Waals surface area contributed by atoms with Crippen LogP contribution in [-0.4, -0.2) is 53.9 Å². The summed E-state index contributed by atoms with van der Waals surface area (Å²) in [5.41, 5.74) is 4.59. The van der Waals surface area contributed by atoms with Gasteiger partial charge < -0.3 is 4.90 Å². The fraction of sp³-hybridized carbons (Fsp3) is 0.421. The largest absolute Gasteiger partial charge is 0.338 e. The van der Waals surface area contributed by atoms with E-state index >= 15 is 0 Å². The van der Waals surface area contributed by atoms with Gasteiger partial charge in [0.15, 0.2) is 0 Å². The maximum Gasteiger partial charge on any atom is 0.223 e. The van der Waals surface area contributed by atoms with E-state index in [-0.39, 0.29) is 11.9 Å². The molecule has 0 spiro atoms. The van der Waals surface area contributed by atoms with E-state index in [0.717, 1.165) is 12.1 Å². The molecule has 3 heterocycles. The highest BCUT2D eigenvalue weighted by Gasteiger charge is 2.32. The second-order valence-electron chi connectivity index (χ2n) is 7.12. The third-order valence-corrected chi connectivity index (χ3v) is 5.12. The van der Waals surface area contributed by atoms with Gasteiger partial charge in [-0.05, 0) is 37.0 Å². The lowest BCUT2D eigenvalue weighted by Crippen LogP contribution is -2.51. The first-order valence-electron chi connectivity index (χ1n) is 9.17. The molecule has 4 rings (SSSR count). The summed E-state index contributed by atoms with van der Waals surface area (Å²) in [6, 6.07) is 6.60. The Morgan fingerprint density at radius 3 is 2.67 bits per heavy atom. The lowest BCUT2D eigenvalue weighted by molar-refractivity contribution is -0.137. The van der Waals surface area contributed by atoms with E-state index in [1.54, 1.807) is 17.2 Å². The number of amides is 1. The van der Waals surface area contributed by atoms with Gasteiger partial charge in [0.2, 0.25) is 5.91 Å². The minimum atomic E-state index is 0.197. The Kier molecular flexibility index (Phi) is 4.70. The molecular formula is C19H23N7O. The van der Waals surface area contributed by atoms with Crippen molar-refractivity contribution in [2.24, 2.45) is 0 Å². The lowest BCUT2D eigenvalue weighted by atomic mass is 10.0. The molecule has 0 atom stereocenters. The number of carbonyl (C=O) groups excluding carboxylic acids is 1. The summed E-state index contributed by atoms with van der Waals surface area (Å²) in [4.78, 5) is 15.9. The molecule has 3 aromatic rings. The van der Waals surface area contributed by atoms with Crippen molar-refractivity contribution in [1.29, 1.82) is 0 Å². The van der Waals surface area contributed by atoms with Crippen molar-refractivity contribution >= 4 is 5.91 Å². The van der Waals surface area contributed by atoms with Crippen molar-refractivity contribution in [3.63, 3.8) is 0 Å². The molecule has 1 aliphatic rings. The number of nitrogens with zero attached hydrogens (tertiary/aromatic N) is 7. The van der Waals surface area contributed by atoms with Crippen molar-refractivity contribution in [3.05, 3.63) is 59.2 Å². The first kappa shape index (κ1) is 17.4. The summed E-state index contributed by atoms with van der Waals surface area (Å²) in [7, 11) is 0. The van der Waals surface area contributed by atoms with Crippen LogP contribution in [0, 0.1) is 13.8 Å². The third-order valence-electron chi connectivity index (χ3n) is 5.12. The molecule has 0 radical (unpaired) electrons. The van der Waals surface area contributed by atoms with Gasteiger partial charge >= 0.3 is 0 Å². The molecular weight excluding hydrogens is 342 g/mol. The Morgan fingerprint density at radius 2 is 1.93 bits per heavy atom. The van der Waals surface area contributed by atoms with Crippen LogP contribution in [0.5, 0.6) is 0 Å². The van der Waals surface area contributed by atoms with E-state index < -0.39 is 0 Å². The fourth-order valence-electron chi connectivity index (χ4n) is 3.23. The van der Waals surface area contributed by atoms with E-state index in [0.29, 0.717) is 26.1 Å². The van der Waals surface area contributed by atoms with E-state index in [4.69, 9.17) is 0 Å². The zero-order valence-corrected chi connectivity index (χ0v) is 15.6. The first-order chi connectivity index (χ1) is 13.1. The Hall–Kier alpha value is -3.03. The van der Waals surface area contributed by atoms with Crippen LogP contribution < -0.4 is 0 Å². The number of benzene rings is 1. The molecule has 8 heteroatoms. The van der Waals surface area contributed by atoms with Crippen LogP contribution in [0.25, 0.3) is 0 Å². The molecule has 1 aromatic carbocycles. The Bertz CT molecular complexity index is 925. The summed E-state index contributed by atoms with van der Waals surface area (Å²) < 4.78 is 1.84. The Labute approximate surface area is 157 Å². The summed E-state index contributed by atoms with van der Waals surface area (Å²) in [6.45, 7) is 6.09. The standard InChI is InChI=1S/C19H23N7O/c1-14-3-4-16(9-15(14)2)5-6-19(27)24-12-18(13-24)25-10-17(22-23-25)11-26-20-7-8-21-26/h3-4,7-10,18H,5-6,11-13H2,1-2H3. The zero-order chi connectivity index (χ0) is 18.8. The van der Waals surface area contributed by atoms with E-state index in [1.807, 2.05) is 15.8 Å².